The summed E-state index contributed by atoms with van der Waals surface area (Å²) >= 11 is 1.31. The maximum atomic E-state index is 12.5. The number of benzene rings is 2. The van der Waals surface area contributed by atoms with Gasteiger partial charge in [-0.15, -0.1) is 10.2 Å². The van der Waals surface area contributed by atoms with Gasteiger partial charge in [0.15, 0.2) is 10.8 Å². The van der Waals surface area contributed by atoms with Crippen molar-refractivity contribution in [3.63, 3.8) is 0 Å². The largest absolute Gasteiger partial charge is 0.497 e. The second-order valence-electron chi connectivity index (χ2n) is 6.99. The summed E-state index contributed by atoms with van der Waals surface area (Å²) in [6.07, 6.45) is 0. The van der Waals surface area contributed by atoms with Crippen LogP contribution in [0.5, 0.6) is 5.75 Å². The molecule has 0 saturated carbocycles. The first-order valence-corrected chi connectivity index (χ1v) is 10.6. The lowest BCUT2D eigenvalue weighted by atomic mass is 10.1. The Balaban J connectivity index is 1.52. The number of fused-ring (bicyclic) bond motifs is 3. The molecule has 0 fully saturated rings. The molecule has 2 amide bonds. The number of hydrogen-bond acceptors (Lipinski definition) is 6. The van der Waals surface area contributed by atoms with E-state index in [1.165, 1.54) is 18.7 Å². The van der Waals surface area contributed by atoms with E-state index in [2.05, 4.69) is 26.9 Å². The molecule has 2 aromatic carbocycles. The molecular formula is C22H21N5O3S. The van der Waals surface area contributed by atoms with Crippen molar-refractivity contribution in [2.45, 2.75) is 19.0 Å². The molecule has 31 heavy (non-hydrogen) atoms. The Kier molecular flexibility index (Phi) is 5.77. The number of aromatic nitrogens is 3. The fraction of sp³-hybridized carbons (Fsp3) is 0.182. The molecule has 4 aromatic rings. The molecule has 2 heterocycles. The second-order valence-corrected chi connectivity index (χ2v) is 7.93. The predicted molar refractivity (Wildman–Crippen MR) is 122 cm³/mol. The number of amides is 2. The summed E-state index contributed by atoms with van der Waals surface area (Å²) in [7, 11) is 1.63. The van der Waals surface area contributed by atoms with Gasteiger partial charge in [-0.2, -0.15) is 0 Å². The van der Waals surface area contributed by atoms with Crippen LogP contribution in [0.1, 0.15) is 12.5 Å². The number of ether oxygens (including phenoxy) is 1. The van der Waals surface area contributed by atoms with E-state index in [-0.39, 0.29) is 17.6 Å². The average molecular weight is 436 g/mol. The highest BCUT2D eigenvalue weighted by atomic mass is 32.2. The molecule has 0 aliphatic heterocycles. The molecule has 0 saturated heterocycles. The number of carbonyl (C=O) groups excluding carboxylic acids is 2. The van der Waals surface area contributed by atoms with Crippen molar-refractivity contribution in [2.75, 3.05) is 23.5 Å². The number of nitrogens with zero attached hydrogens (tertiary/aromatic N) is 3. The van der Waals surface area contributed by atoms with Crippen molar-refractivity contribution in [3.05, 3.63) is 54.1 Å². The Morgan fingerprint density at radius 3 is 2.42 bits per heavy atom. The third-order valence-corrected chi connectivity index (χ3v) is 5.59. The highest BCUT2D eigenvalue weighted by molar-refractivity contribution is 7.99. The summed E-state index contributed by atoms with van der Waals surface area (Å²) in [5.74, 6) is 0.605. The average Bonchev–Trinajstić information content (AvgIpc) is 3.18. The molecule has 2 aromatic heterocycles. The molecule has 4 rings (SSSR count). The van der Waals surface area contributed by atoms with Crippen LogP contribution in [0.15, 0.2) is 53.7 Å². The number of aryl methyl sites for hydroxylation is 1. The van der Waals surface area contributed by atoms with E-state index in [1.807, 2.05) is 29.5 Å². The quantitative estimate of drug-likeness (QED) is 0.446. The van der Waals surface area contributed by atoms with Crippen molar-refractivity contribution in [2.24, 2.45) is 0 Å². The van der Waals surface area contributed by atoms with Crippen molar-refractivity contribution in [3.8, 4) is 5.75 Å². The molecule has 0 atom stereocenters. The van der Waals surface area contributed by atoms with Gasteiger partial charge in [-0.05, 0) is 60.3 Å². The van der Waals surface area contributed by atoms with Crippen molar-refractivity contribution in [1.82, 2.24) is 14.6 Å². The van der Waals surface area contributed by atoms with Gasteiger partial charge >= 0.3 is 0 Å². The van der Waals surface area contributed by atoms with Crippen LogP contribution in [0.2, 0.25) is 0 Å². The Morgan fingerprint density at radius 1 is 1.03 bits per heavy atom. The minimum Gasteiger partial charge on any atom is -0.497 e. The minimum atomic E-state index is -0.163. The molecule has 0 spiro atoms. The molecule has 2 N–H and O–H groups in total. The van der Waals surface area contributed by atoms with Crippen LogP contribution in [0.3, 0.4) is 0 Å². The Hall–Kier alpha value is -3.59. The summed E-state index contributed by atoms with van der Waals surface area (Å²) < 4.78 is 7.32. The van der Waals surface area contributed by atoms with Gasteiger partial charge < -0.3 is 15.4 Å². The zero-order valence-corrected chi connectivity index (χ0v) is 18.1. The molecule has 0 bridgehead atoms. The molecule has 0 unspecified atom stereocenters. The van der Waals surface area contributed by atoms with Crippen LogP contribution in [-0.4, -0.2) is 39.3 Å². The monoisotopic (exact) mass is 435 g/mol. The van der Waals surface area contributed by atoms with E-state index >= 15 is 0 Å². The van der Waals surface area contributed by atoms with Crippen LogP contribution in [-0.2, 0) is 9.59 Å². The maximum Gasteiger partial charge on any atom is 0.234 e. The smallest absolute Gasteiger partial charge is 0.234 e. The zero-order chi connectivity index (χ0) is 22.0. The van der Waals surface area contributed by atoms with E-state index in [9.17, 15) is 9.59 Å². The highest BCUT2D eigenvalue weighted by Crippen LogP contribution is 2.28. The van der Waals surface area contributed by atoms with Gasteiger partial charge in [0.05, 0.1) is 18.4 Å². The van der Waals surface area contributed by atoms with Crippen molar-refractivity contribution in [1.29, 1.82) is 0 Å². The summed E-state index contributed by atoms with van der Waals surface area (Å²) in [6, 6.07) is 14.8. The fourth-order valence-electron chi connectivity index (χ4n) is 3.27. The third kappa shape index (κ3) is 4.46. The molecule has 8 nitrogen and oxygen atoms in total. The standard InChI is InChI=1S/C22H21N5O3S/c1-13-10-15-4-9-18(30-3)11-19(15)27-21(13)25-26-22(27)31-12-20(29)24-17-7-5-16(6-8-17)23-14(2)28/h4-11H,12H2,1-3H3,(H,23,28)(H,24,29). The van der Waals surface area contributed by atoms with Gasteiger partial charge in [-0.25, -0.2) is 0 Å². The summed E-state index contributed by atoms with van der Waals surface area (Å²) in [6.45, 7) is 3.43. The minimum absolute atomic E-state index is 0.144. The van der Waals surface area contributed by atoms with E-state index < -0.39 is 0 Å². The molecule has 158 valence electrons. The van der Waals surface area contributed by atoms with Gasteiger partial charge in [-0.1, -0.05) is 11.8 Å². The number of nitrogens with one attached hydrogen (secondary N) is 2. The van der Waals surface area contributed by atoms with E-state index in [0.717, 1.165) is 27.9 Å². The number of hydrogen-bond donors (Lipinski definition) is 2. The number of anilines is 2. The topological polar surface area (TPSA) is 97.6 Å². The number of methoxy groups -OCH3 is 1. The predicted octanol–water partition coefficient (Wildman–Crippen LogP) is 3.89. The molecular weight excluding hydrogens is 414 g/mol. The van der Waals surface area contributed by atoms with Crippen LogP contribution in [0.4, 0.5) is 11.4 Å². The molecule has 0 aliphatic rings. The highest BCUT2D eigenvalue weighted by Gasteiger charge is 2.14. The second kappa shape index (κ2) is 8.65. The number of rotatable bonds is 6. The summed E-state index contributed by atoms with van der Waals surface area (Å²) in [4.78, 5) is 23.6. The van der Waals surface area contributed by atoms with Gasteiger partial charge in [0.25, 0.3) is 0 Å². The SMILES string of the molecule is COc1ccc2cc(C)c3nnc(SCC(=O)Nc4ccc(NC(C)=O)cc4)n3c2c1. The first kappa shape index (κ1) is 20.7. The van der Waals surface area contributed by atoms with Gasteiger partial charge in [0, 0.05) is 24.4 Å². The van der Waals surface area contributed by atoms with Gasteiger partial charge in [0.1, 0.15) is 5.75 Å². The van der Waals surface area contributed by atoms with Crippen LogP contribution >= 0.6 is 11.8 Å². The van der Waals surface area contributed by atoms with Gasteiger partial charge in [0.2, 0.25) is 11.8 Å². The first-order chi connectivity index (χ1) is 14.9. The lowest BCUT2D eigenvalue weighted by Crippen LogP contribution is -2.14. The molecule has 0 aliphatic carbocycles. The van der Waals surface area contributed by atoms with E-state index in [4.69, 9.17) is 4.74 Å². The number of pyridine rings is 1. The number of carbonyl (C=O) groups is 2. The number of thioether (sulfide) groups is 1. The third-order valence-electron chi connectivity index (χ3n) is 4.66. The molecule has 0 radical (unpaired) electrons. The Morgan fingerprint density at radius 2 is 1.74 bits per heavy atom. The lowest BCUT2D eigenvalue weighted by molar-refractivity contribution is -0.114. The van der Waals surface area contributed by atoms with Crippen molar-refractivity contribution < 1.29 is 14.3 Å². The molecule has 9 heteroatoms. The summed E-state index contributed by atoms with van der Waals surface area (Å²) in [5.41, 5.74) is 3.99. The van der Waals surface area contributed by atoms with Crippen LogP contribution in [0.25, 0.3) is 16.6 Å². The van der Waals surface area contributed by atoms with Crippen LogP contribution in [0, 0.1) is 6.92 Å². The van der Waals surface area contributed by atoms with E-state index in [1.54, 1.807) is 31.4 Å². The van der Waals surface area contributed by atoms with Crippen LogP contribution < -0.4 is 15.4 Å². The first-order valence-electron chi connectivity index (χ1n) is 9.57. The lowest BCUT2D eigenvalue weighted by Gasteiger charge is -2.09. The maximum absolute atomic E-state index is 12.5. The fourth-order valence-corrected chi connectivity index (χ4v) is 4.01. The normalized spacial score (nSPS) is 10.9. The Labute approximate surface area is 183 Å². The van der Waals surface area contributed by atoms with Crippen molar-refractivity contribution >= 4 is 51.5 Å². The van der Waals surface area contributed by atoms with Gasteiger partial charge in [-0.3, -0.25) is 14.0 Å². The zero-order valence-electron chi connectivity index (χ0n) is 17.3. The van der Waals surface area contributed by atoms with E-state index in [0.29, 0.717) is 16.5 Å². The summed E-state index contributed by atoms with van der Waals surface area (Å²) in [5, 5.41) is 15.8. The Bertz CT molecular complexity index is 1280.